The second kappa shape index (κ2) is 8.71. The second-order valence-corrected chi connectivity index (χ2v) is 12.5. The first-order valence-corrected chi connectivity index (χ1v) is 12.9. The lowest BCUT2D eigenvalue weighted by Gasteiger charge is -2.16. The molecule has 0 unspecified atom stereocenters. The van der Waals surface area contributed by atoms with Gasteiger partial charge in [0.25, 0.3) is 0 Å². The zero-order valence-corrected chi connectivity index (χ0v) is 17.3. The molecule has 3 aromatic rings. The van der Waals surface area contributed by atoms with E-state index in [-0.39, 0.29) is 5.92 Å². The van der Waals surface area contributed by atoms with E-state index >= 15 is 0 Å². The van der Waals surface area contributed by atoms with Crippen molar-refractivity contribution in [3.63, 3.8) is 0 Å². The molecule has 27 heavy (non-hydrogen) atoms. The van der Waals surface area contributed by atoms with E-state index in [1.54, 1.807) is 0 Å². The molecule has 0 aliphatic heterocycles. The van der Waals surface area contributed by atoms with Crippen LogP contribution in [0.4, 0.5) is 0 Å². The third kappa shape index (κ3) is 5.58. The Bertz CT molecular complexity index is 898. The largest absolute Gasteiger partial charge is 0.129 e. The highest BCUT2D eigenvalue weighted by molar-refractivity contribution is 6.84. The van der Waals surface area contributed by atoms with Crippen LogP contribution in [0, 0.1) is 11.5 Å². The molecule has 0 aliphatic carbocycles. The van der Waals surface area contributed by atoms with Crippen molar-refractivity contribution in [3.8, 4) is 11.5 Å². The lowest BCUT2D eigenvalue weighted by molar-refractivity contribution is 1.03. The van der Waals surface area contributed by atoms with Gasteiger partial charge in [0, 0.05) is 11.5 Å². The Labute approximate surface area is 164 Å². The van der Waals surface area contributed by atoms with Crippen LogP contribution in [0.25, 0.3) is 5.57 Å². The quantitative estimate of drug-likeness (QED) is 0.352. The maximum absolute atomic E-state index is 3.55. The van der Waals surface area contributed by atoms with Crippen molar-refractivity contribution < 1.29 is 0 Å². The summed E-state index contributed by atoms with van der Waals surface area (Å²) in [6, 6.07) is 31.9. The molecule has 0 nitrogen and oxygen atoms in total. The summed E-state index contributed by atoms with van der Waals surface area (Å²) in [5.74, 6) is 3.70. The first kappa shape index (κ1) is 19.0. The molecule has 134 valence electrons. The van der Waals surface area contributed by atoms with E-state index in [4.69, 9.17) is 0 Å². The first-order chi connectivity index (χ1) is 13.0. The van der Waals surface area contributed by atoms with Crippen LogP contribution in [0.3, 0.4) is 0 Å². The number of benzene rings is 3. The molecule has 0 spiro atoms. The Kier molecular flexibility index (Phi) is 6.11. The van der Waals surface area contributed by atoms with Crippen LogP contribution in [0.5, 0.6) is 0 Å². The van der Waals surface area contributed by atoms with Gasteiger partial charge < -0.3 is 0 Å². The van der Waals surface area contributed by atoms with Gasteiger partial charge in [0.2, 0.25) is 0 Å². The molecule has 0 fully saturated rings. The number of rotatable bonds is 4. The van der Waals surface area contributed by atoms with Gasteiger partial charge in [0.15, 0.2) is 0 Å². The summed E-state index contributed by atoms with van der Waals surface area (Å²) in [7, 11) is -1.46. The summed E-state index contributed by atoms with van der Waals surface area (Å²) >= 11 is 0. The molecule has 0 atom stereocenters. The third-order valence-electron chi connectivity index (χ3n) is 4.31. The fourth-order valence-electron chi connectivity index (χ4n) is 2.95. The smallest absolute Gasteiger partial charge is 0.127 e. The Morgan fingerprint density at radius 3 is 1.59 bits per heavy atom. The summed E-state index contributed by atoms with van der Waals surface area (Å²) in [5.41, 5.74) is 8.41. The molecule has 0 heterocycles. The van der Waals surface area contributed by atoms with Crippen LogP contribution in [-0.4, -0.2) is 8.07 Å². The second-order valence-electron chi connectivity index (χ2n) is 7.75. The van der Waals surface area contributed by atoms with E-state index in [2.05, 4.69) is 128 Å². The van der Waals surface area contributed by atoms with Crippen LogP contribution in [0.1, 0.15) is 22.6 Å². The van der Waals surface area contributed by atoms with Crippen LogP contribution in [0.2, 0.25) is 19.6 Å². The lowest BCUT2D eigenvalue weighted by atomic mass is 9.88. The van der Waals surface area contributed by atoms with Gasteiger partial charge in [-0.15, -0.1) is 5.54 Å². The monoisotopic (exact) mass is 366 g/mol. The highest BCUT2D eigenvalue weighted by atomic mass is 28.3. The van der Waals surface area contributed by atoms with Crippen molar-refractivity contribution >= 4 is 13.6 Å². The van der Waals surface area contributed by atoms with Gasteiger partial charge in [-0.25, -0.2) is 0 Å². The van der Waals surface area contributed by atoms with E-state index < -0.39 is 8.07 Å². The fourth-order valence-corrected chi connectivity index (χ4v) is 3.46. The van der Waals surface area contributed by atoms with Crippen molar-refractivity contribution in [2.75, 3.05) is 0 Å². The van der Waals surface area contributed by atoms with Crippen molar-refractivity contribution in [2.45, 2.75) is 25.6 Å². The number of hydrogen-bond donors (Lipinski definition) is 0. The van der Waals surface area contributed by atoms with E-state index in [1.165, 1.54) is 16.7 Å². The predicted octanol–water partition coefficient (Wildman–Crippen LogP) is 6.78. The number of hydrogen-bond acceptors (Lipinski definition) is 0. The first-order valence-electron chi connectivity index (χ1n) is 9.43. The van der Waals surface area contributed by atoms with Crippen LogP contribution in [0.15, 0.2) is 97.1 Å². The molecule has 3 aromatic carbocycles. The van der Waals surface area contributed by atoms with E-state index in [9.17, 15) is 0 Å². The molecular formula is C26H26Si. The summed E-state index contributed by atoms with van der Waals surface area (Å²) in [6.07, 6.45) is 2.33. The Balaban J connectivity index is 2.15. The van der Waals surface area contributed by atoms with Crippen molar-refractivity contribution in [3.05, 3.63) is 114 Å². The van der Waals surface area contributed by atoms with Crippen molar-refractivity contribution in [1.29, 1.82) is 0 Å². The summed E-state index contributed by atoms with van der Waals surface area (Å²) < 4.78 is 0. The van der Waals surface area contributed by atoms with Gasteiger partial charge in [0.1, 0.15) is 8.07 Å². The Morgan fingerprint density at radius 2 is 1.15 bits per heavy atom. The molecule has 0 radical (unpaired) electrons. The predicted molar refractivity (Wildman–Crippen MR) is 120 cm³/mol. The topological polar surface area (TPSA) is 0 Å². The maximum atomic E-state index is 3.55. The van der Waals surface area contributed by atoms with Gasteiger partial charge in [0.05, 0.1) is 0 Å². The molecule has 0 aliphatic rings. The van der Waals surface area contributed by atoms with Gasteiger partial charge in [-0.3, -0.25) is 0 Å². The van der Waals surface area contributed by atoms with Crippen LogP contribution >= 0.6 is 0 Å². The highest BCUT2D eigenvalue weighted by Gasteiger charge is 2.14. The van der Waals surface area contributed by atoms with Gasteiger partial charge in [-0.2, -0.15) is 0 Å². The maximum Gasteiger partial charge on any atom is 0.129 e. The van der Waals surface area contributed by atoms with Gasteiger partial charge in [-0.1, -0.05) is 123 Å². The molecule has 0 saturated heterocycles. The minimum atomic E-state index is -1.46. The average molecular weight is 367 g/mol. The van der Waals surface area contributed by atoms with Gasteiger partial charge >= 0.3 is 0 Å². The lowest BCUT2D eigenvalue weighted by Crippen LogP contribution is -2.16. The number of allylic oxidation sites excluding steroid dienone is 2. The third-order valence-corrected chi connectivity index (χ3v) is 5.18. The molecule has 0 saturated carbocycles. The van der Waals surface area contributed by atoms with Crippen molar-refractivity contribution in [2.24, 2.45) is 0 Å². The molecule has 0 aromatic heterocycles. The summed E-state index contributed by atoms with van der Waals surface area (Å²) in [5, 5.41) is 0. The van der Waals surface area contributed by atoms with E-state index in [1.807, 2.05) is 0 Å². The highest BCUT2D eigenvalue weighted by Crippen LogP contribution is 2.29. The van der Waals surface area contributed by atoms with Gasteiger partial charge in [-0.05, 0) is 16.7 Å². The van der Waals surface area contributed by atoms with E-state index in [0.717, 1.165) is 5.57 Å². The minimum Gasteiger partial charge on any atom is -0.127 e. The average Bonchev–Trinajstić information content (AvgIpc) is 2.69. The zero-order valence-electron chi connectivity index (χ0n) is 16.3. The normalized spacial score (nSPS) is 11.8. The molecule has 3 rings (SSSR count). The Hall–Kier alpha value is -2.82. The van der Waals surface area contributed by atoms with Crippen LogP contribution < -0.4 is 0 Å². The minimum absolute atomic E-state index is 0.179. The molecule has 0 bridgehead atoms. The van der Waals surface area contributed by atoms with E-state index in [0.29, 0.717) is 0 Å². The van der Waals surface area contributed by atoms with Crippen molar-refractivity contribution in [1.82, 2.24) is 0 Å². The molecule has 0 N–H and O–H groups in total. The molecular weight excluding hydrogens is 340 g/mol. The standard InChI is InChI=1S/C26H26Si/c1-27(2,3)20-19-25(22-13-7-4-8-14-22)21-26(23-15-9-5-10-16-23)24-17-11-6-12-18-24/h4-18,21,26H,1-3H3/b25-21+. The SMILES string of the molecule is C[Si](C)(C)C#C/C(=C\C(c1ccccc1)c1ccccc1)c1ccccc1. The summed E-state index contributed by atoms with van der Waals surface area (Å²) in [6.45, 7) is 6.86. The molecule has 0 amide bonds. The van der Waals surface area contributed by atoms with Crippen LogP contribution in [-0.2, 0) is 0 Å². The summed E-state index contributed by atoms with van der Waals surface area (Å²) in [4.78, 5) is 0. The molecule has 1 heteroatoms. The fraction of sp³-hybridized carbons (Fsp3) is 0.154. The Morgan fingerprint density at radius 1 is 0.704 bits per heavy atom. The zero-order chi connectivity index (χ0) is 19.1.